The Morgan fingerprint density at radius 2 is 1.47 bits per heavy atom. The molecule has 0 saturated heterocycles. The molecule has 0 aromatic rings. The molecule has 104 valence electrons. The van der Waals surface area contributed by atoms with Crippen molar-refractivity contribution in [2.45, 2.75) is 12.1 Å². The van der Waals surface area contributed by atoms with Crippen LogP contribution in [0.4, 0.5) is 0 Å². The summed E-state index contributed by atoms with van der Waals surface area (Å²) in [5.74, 6) is 0. The zero-order chi connectivity index (χ0) is 14.9. The van der Waals surface area contributed by atoms with E-state index >= 15 is 0 Å². The van der Waals surface area contributed by atoms with Crippen LogP contribution in [0.3, 0.4) is 0 Å². The topological polar surface area (TPSA) is 139 Å². The lowest BCUT2D eigenvalue weighted by Gasteiger charge is -2.20. The maximum Gasteiger partial charge on any atom is 0.302 e. The largest absolute Gasteiger partial charge is 0.302 e. The third kappa shape index (κ3) is 2.85. The average Bonchev–Trinajstić information content (AvgIpc) is 2.23. The summed E-state index contributed by atoms with van der Waals surface area (Å²) in [6, 6.07) is -1.96. The van der Waals surface area contributed by atoms with Crippen LogP contribution in [0.25, 0.3) is 0 Å². The predicted octanol–water partition coefficient (Wildman–Crippen LogP) is 1.64. The molecule has 2 atom stereocenters. The first kappa shape index (κ1) is 15.4. The molecule has 0 aromatic carbocycles. The minimum Gasteiger partial charge on any atom is -0.293 e. The molecular formula is C6H2Cl3N3O7. The van der Waals surface area contributed by atoms with Gasteiger partial charge in [-0.3, -0.25) is 25.1 Å². The minimum absolute atomic E-state index is 0.686. The smallest absolute Gasteiger partial charge is 0.293 e. The van der Waals surface area contributed by atoms with E-state index in [-0.39, 0.29) is 0 Å². The highest BCUT2D eigenvalue weighted by Crippen LogP contribution is 2.39. The first-order valence-corrected chi connectivity index (χ1v) is 5.35. The van der Waals surface area contributed by atoms with Crippen molar-refractivity contribution in [1.82, 2.24) is 0 Å². The van der Waals surface area contributed by atoms with Crippen molar-refractivity contribution in [3.05, 3.63) is 51.1 Å². The normalized spacial score (nSPS) is 23.3. The lowest BCUT2D eigenvalue weighted by Crippen LogP contribution is -2.35. The molecule has 0 fully saturated rings. The van der Waals surface area contributed by atoms with Crippen LogP contribution in [0.5, 0.6) is 0 Å². The van der Waals surface area contributed by atoms with Gasteiger partial charge in [0.2, 0.25) is 6.10 Å². The Balaban J connectivity index is 3.44. The molecule has 19 heavy (non-hydrogen) atoms. The molecule has 10 nitrogen and oxygen atoms in total. The third-order valence-corrected chi connectivity index (χ3v) is 3.34. The first-order chi connectivity index (χ1) is 8.68. The highest BCUT2D eigenvalue weighted by molar-refractivity contribution is 6.42. The van der Waals surface area contributed by atoms with Crippen molar-refractivity contribution >= 4 is 34.8 Å². The van der Waals surface area contributed by atoms with E-state index in [4.69, 9.17) is 34.8 Å². The van der Waals surface area contributed by atoms with E-state index in [1.165, 1.54) is 0 Å². The van der Waals surface area contributed by atoms with Gasteiger partial charge in [0, 0.05) is 4.92 Å². The van der Waals surface area contributed by atoms with Gasteiger partial charge in [0.1, 0.15) is 5.03 Å². The van der Waals surface area contributed by atoms with Crippen molar-refractivity contribution in [3.63, 3.8) is 0 Å². The third-order valence-electron chi connectivity index (χ3n) is 2.03. The summed E-state index contributed by atoms with van der Waals surface area (Å²) in [6.07, 6.45) is -2.01. The van der Waals surface area contributed by atoms with Crippen LogP contribution in [0, 0.1) is 30.3 Å². The second-order valence-corrected chi connectivity index (χ2v) is 4.30. The number of rotatable bonds is 4. The summed E-state index contributed by atoms with van der Waals surface area (Å²) in [5.41, 5.74) is -1.10. The summed E-state index contributed by atoms with van der Waals surface area (Å²) < 4.78 is 0. The van der Waals surface area contributed by atoms with Gasteiger partial charge in [0.05, 0.1) is 9.96 Å². The van der Waals surface area contributed by atoms with Gasteiger partial charge < -0.3 is 0 Å². The summed E-state index contributed by atoms with van der Waals surface area (Å²) in [5, 5.41) is 28.1. The molecule has 13 heteroatoms. The Morgan fingerprint density at radius 1 is 0.947 bits per heavy atom. The molecule has 0 saturated carbocycles. The molecule has 1 rings (SSSR count). The van der Waals surface area contributed by atoms with Crippen LogP contribution >= 0.6 is 34.8 Å². The summed E-state index contributed by atoms with van der Waals surface area (Å²) >= 11 is 16.6. The van der Waals surface area contributed by atoms with E-state index < -0.39 is 47.9 Å². The van der Waals surface area contributed by atoms with E-state index in [9.17, 15) is 30.3 Å². The molecule has 0 amide bonds. The fraction of sp³-hybridized carbons (Fsp3) is 0.333. The fourth-order valence-corrected chi connectivity index (χ4v) is 2.25. The van der Waals surface area contributed by atoms with Gasteiger partial charge >= 0.3 is 5.70 Å². The maximum atomic E-state index is 10.8. The number of hydrogen-bond donors (Lipinski definition) is 0. The van der Waals surface area contributed by atoms with Crippen LogP contribution in [0.15, 0.2) is 20.8 Å². The number of halogens is 3. The Kier molecular flexibility index (Phi) is 4.50. The second-order valence-electron chi connectivity index (χ2n) is 3.08. The van der Waals surface area contributed by atoms with Gasteiger partial charge in [-0.05, 0) is 0 Å². The quantitative estimate of drug-likeness (QED) is 0.562. The molecule has 0 heterocycles. The van der Waals surface area contributed by atoms with Gasteiger partial charge in [0.15, 0.2) is 5.03 Å². The van der Waals surface area contributed by atoms with Crippen LogP contribution in [0.1, 0.15) is 0 Å². The molecule has 0 radical (unpaired) electrons. The fourth-order valence-electron chi connectivity index (χ4n) is 1.30. The van der Waals surface area contributed by atoms with Gasteiger partial charge in [-0.25, -0.2) is 0 Å². The van der Waals surface area contributed by atoms with E-state index in [0.717, 1.165) is 0 Å². The zero-order valence-corrected chi connectivity index (χ0v) is 10.8. The highest BCUT2D eigenvalue weighted by atomic mass is 35.5. The van der Waals surface area contributed by atoms with Gasteiger partial charge in [-0.1, -0.05) is 34.8 Å². The monoisotopic (exact) mass is 333 g/mol. The summed E-state index contributed by atoms with van der Waals surface area (Å²) in [6.45, 7) is 0. The van der Waals surface area contributed by atoms with Crippen molar-refractivity contribution < 1.29 is 19.8 Å². The molecule has 1 aliphatic carbocycles. The first-order valence-electron chi connectivity index (χ1n) is 4.22. The average molecular weight is 334 g/mol. The summed E-state index contributed by atoms with van der Waals surface area (Å²) in [4.78, 5) is 33.6. The molecule has 0 aromatic heterocycles. The second kappa shape index (κ2) is 5.55. The van der Waals surface area contributed by atoms with Crippen molar-refractivity contribution in [3.8, 4) is 0 Å². The molecule has 0 aliphatic heterocycles. The molecular weight excluding hydrogens is 332 g/mol. The van der Waals surface area contributed by atoms with Crippen molar-refractivity contribution in [2.75, 3.05) is 0 Å². The number of hydrogen-bond acceptors (Lipinski definition) is 7. The minimum atomic E-state index is -2.01. The van der Waals surface area contributed by atoms with E-state index in [2.05, 4.69) is 4.84 Å². The van der Waals surface area contributed by atoms with E-state index in [1.807, 2.05) is 0 Å². The van der Waals surface area contributed by atoms with Crippen LogP contribution in [-0.2, 0) is 4.84 Å². The van der Waals surface area contributed by atoms with Crippen molar-refractivity contribution in [2.24, 2.45) is 0 Å². The van der Waals surface area contributed by atoms with Crippen LogP contribution < -0.4 is 0 Å². The van der Waals surface area contributed by atoms with E-state index in [0.29, 0.717) is 0 Å². The highest BCUT2D eigenvalue weighted by Gasteiger charge is 2.49. The summed E-state index contributed by atoms with van der Waals surface area (Å²) in [7, 11) is 0. The van der Waals surface area contributed by atoms with Gasteiger partial charge in [0.25, 0.3) is 11.1 Å². The Hall–Kier alpha value is -1.65. The predicted molar refractivity (Wildman–Crippen MR) is 61.3 cm³/mol. The molecule has 0 N–H and O–H groups in total. The van der Waals surface area contributed by atoms with Crippen LogP contribution in [0.2, 0.25) is 0 Å². The Morgan fingerprint density at radius 3 is 1.84 bits per heavy atom. The maximum absolute atomic E-state index is 10.8. The lowest BCUT2D eigenvalue weighted by atomic mass is 10.1. The number of nitro groups is 2. The van der Waals surface area contributed by atoms with Crippen LogP contribution in [-0.4, -0.2) is 27.1 Å². The molecule has 0 spiro atoms. The Bertz CT molecular complexity index is 530. The standard InChI is InChI=1S/C6H2Cl3N3O7/c7-1-2(8)6(19-12(17)18)5(11(15)16)3(9)4(1)10(13)14/h4,6H. The van der Waals surface area contributed by atoms with E-state index in [1.54, 1.807) is 0 Å². The molecule has 1 aliphatic rings. The van der Waals surface area contributed by atoms with Gasteiger partial charge in [-0.2, -0.15) is 0 Å². The zero-order valence-electron chi connectivity index (χ0n) is 8.49. The van der Waals surface area contributed by atoms with Crippen molar-refractivity contribution in [1.29, 1.82) is 0 Å². The lowest BCUT2D eigenvalue weighted by molar-refractivity contribution is -0.767. The van der Waals surface area contributed by atoms with Gasteiger partial charge in [-0.15, -0.1) is 10.1 Å². The molecule has 2 unspecified atom stereocenters. The molecule has 0 bridgehead atoms. The SMILES string of the molecule is O=[N+]([O-])OC1C(Cl)=C(Cl)C([N+](=O)[O-])C(Cl)=C1[N+](=O)[O-]. The number of nitrogens with zero attached hydrogens (tertiary/aromatic N) is 3. The Labute approximate surface area is 118 Å².